The van der Waals surface area contributed by atoms with Gasteiger partial charge in [-0.1, -0.05) is 35.4 Å². The predicted octanol–water partition coefficient (Wildman–Crippen LogP) is 3.39. The monoisotopic (exact) mass is 390 g/mol. The van der Waals surface area contributed by atoms with Crippen molar-refractivity contribution in [2.24, 2.45) is 0 Å². The number of anilines is 2. The molecular weight excluding hydrogens is 368 g/mol. The van der Waals surface area contributed by atoms with Crippen LogP contribution in [-0.4, -0.2) is 32.2 Å². The molecule has 0 bridgehead atoms. The first-order valence-electron chi connectivity index (χ1n) is 9.41. The first-order valence-corrected chi connectivity index (χ1v) is 9.41. The average Bonchev–Trinajstić information content (AvgIpc) is 3.16. The van der Waals surface area contributed by atoms with Gasteiger partial charge in [0, 0.05) is 11.4 Å². The standard InChI is InChI=1S/C21H22N6O2/c1-13(2)29-17-11-9-15(10-12-17)19-18(14(3)22-21-24-25-26-27(19)21)20(28)23-16-7-5-4-6-8-16/h4-13,19H,1-3H3,(H,23,28)(H,22,24,26). The number of fused-ring (bicyclic) bond motifs is 1. The molecule has 0 aliphatic carbocycles. The number of benzene rings is 2. The summed E-state index contributed by atoms with van der Waals surface area (Å²) in [6.07, 6.45) is 0.0835. The molecule has 2 N–H and O–H groups in total. The number of hydrogen-bond acceptors (Lipinski definition) is 6. The first-order chi connectivity index (χ1) is 14.0. The summed E-state index contributed by atoms with van der Waals surface area (Å²) < 4.78 is 7.35. The summed E-state index contributed by atoms with van der Waals surface area (Å²) in [6, 6.07) is 16.5. The van der Waals surface area contributed by atoms with E-state index in [4.69, 9.17) is 4.74 Å². The lowest BCUT2D eigenvalue weighted by Gasteiger charge is -2.28. The summed E-state index contributed by atoms with van der Waals surface area (Å²) >= 11 is 0. The molecule has 2 heterocycles. The summed E-state index contributed by atoms with van der Waals surface area (Å²) in [5.41, 5.74) is 2.85. The van der Waals surface area contributed by atoms with Crippen LogP contribution in [0.15, 0.2) is 65.9 Å². The number of para-hydroxylation sites is 1. The van der Waals surface area contributed by atoms with Crippen molar-refractivity contribution in [3.05, 3.63) is 71.4 Å². The minimum absolute atomic E-state index is 0.0835. The van der Waals surface area contributed by atoms with Crippen LogP contribution in [0.5, 0.6) is 5.75 Å². The zero-order valence-corrected chi connectivity index (χ0v) is 16.5. The molecule has 1 aliphatic rings. The second kappa shape index (κ2) is 7.75. The summed E-state index contributed by atoms with van der Waals surface area (Å²) in [7, 11) is 0. The molecule has 1 amide bonds. The van der Waals surface area contributed by atoms with E-state index in [9.17, 15) is 4.79 Å². The number of nitrogens with zero attached hydrogens (tertiary/aromatic N) is 4. The topological polar surface area (TPSA) is 94.0 Å². The fraction of sp³-hybridized carbons (Fsp3) is 0.238. The van der Waals surface area contributed by atoms with Crippen LogP contribution < -0.4 is 15.4 Å². The van der Waals surface area contributed by atoms with Crippen LogP contribution in [0.2, 0.25) is 0 Å². The second-order valence-corrected chi connectivity index (χ2v) is 7.07. The quantitative estimate of drug-likeness (QED) is 0.694. The Hall–Kier alpha value is -3.68. The van der Waals surface area contributed by atoms with Crippen molar-refractivity contribution in [1.82, 2.24) is 20.2 Å². The molecule has 0 spiro atoms. The van der Waals surface area contributed by atoms with Crippen LogP contribution in [0.3, 0.4) is 0 Å². The summed E-state index contributed by atoms with van der Waals surface area (Å²) in [5.74, 6) is 1.05. The Morgan fingerprint density at radius 3 is 2.55 bits per heavy atom. The van der Waals surface area contributed by atoms with Crippen molar-refractivity contribution >= 4 is 17.5 Å². The van der Waals surface area contributed by atoms with Crippen molar-refractivity contribution in [3.63, 3.8) is 0 Å². The van der Waals surface area contributed by atoms with Crippen LogP contribution in [0.4, 0.5) is 11.6 Å². The Kier molecular flexibility index (Phi) is 4.99. The number of carbonyl (C=O) groups is 1. The van der Waals surface area contributed by atoms with Gasteiger partial charge in [-0.05, 0) is 61.0 Å². The van der Waals surface area contributed by atoms with E-state index in [0.29, 0.717) is 17.2 Å². The van der Waals surface area contributed by atoms with Gasteiger partial charge in [0.1, 0.15) is 11.8 Å². The van der Waals surface area contributed by atoms with Gasteiger partial charge in [0.05, 0.1) is 11.7 Å². The Balaban J connectivity index is 1.71. The molecule has 8 nitrogen and oxygen atoms in total. The first kappa shape index (κ1) is 18.7. The predicted molar refractivity (Wildman–Crippen MR) is 110 cm³/mol. The fourth-order valence-corrected chi connectivity index (χ4v) is 3.34. The van der Waals surface area contributed by atoms with Crippen molar-refractivity contribution in [3.8, 4) is 5.75 Å². The maximum atomic E-state index is 13.2. The van der Waals surface area contributed by atoms with Crippen LogP contribution in [0, 0.1) is 0 Å². The SMILES string of the molecule is CC1=C(C(=O)Nc2ccccc2)C(c2ccc(OC(C)C)cc2)n2nnnc2N1. The van der Waals surface area contributed by atoms with Crippen LogP contribution in [-0.2, 0) is 4.79 Å². The average molecular weight is 390 g/mol. The lowest BCUT2D eigenvalue weighted by atomic mass is 9.95. The molecule has 1 aromatic heterocycles. The molecule has 0 saturated carbocycles. The molecule has 1 unspecified atom stereocenters. The summed E-state index contributed by atoms with van der Waals surface area (Å²) in [4.78, 5) is 13.2. The third kappa shape index (κ3) is 3.82. The van der Waals surface area contributed by atoms with Gasteiger partial charge in [0.15, 0.2) is 0 Å². The van der Waals surface area contributed by atoms with E-state index in [1.165, 1.54) is 0 Å². The lowest BCUT2D eigenvalue weighted by Crippen LogP contribution is -2.31. The number of carbonyl (C=O) groups excluding carboxylic acids is 1. The van der Waals surface area contributed by atoms with E-state index in [-0.39, 0.29) is 12.0 Å². The smallest absolute Gasteiger partial charge is 0.255 e. The second-order valence-electron chi connectivity index (χ2n) is 7.07. The molecule has 29 heavy (non-hydrogen) atoms. The normalized spacial score (nSPS) is 15.7. The minimum Gasteiger partial charge on any atom is -0.491 e. The highest BCUT2D eigenvalue weighted by Gasteiger charge is 2.34. The number of ether oxygens (including phenoxy) is 1. The zero-order valence-electron chi connectivity index (χ0n) is 16.5. The van der Waals surface area contributed by atoms with Gasteiger partial charge in [-0.2, -0.15) is 4.68 Å². The highest BCUT2D eigenvalue weighted by Crippen LogP contribution is 2.35. The Labute approximate surface area is 168 Å². The number of amides is 1. The van der Waals surface area contributed by atoms with E-state index in [1.807, 2.05) is 75.4 Å². The molecule has 0 fully saturated rings. The van der Waals surface area contributed by atoms with Gasteiger partial charge in [-0.3, -0.25) is 4.79 Å². The number of aromatic nitrogens is 4. The van der Waals surface area contributed by atoms with Crippen LogP contribution >= 0.6 is 0 Å². The Morgan fingerprint density at radius 1 is 1.14 bits per heavy atom. The summed E-state index contributed by atoms with van der Waals surface area (Å²) in [5, 5.41) is 18.0. The number of nitrogens with one attached hydrogen (secondary N) is 2. The van der Waals surface area contributed by atoms with E-state index >= 15 is 0 Å². The van der Waals surface area contributed by atoms with Gasteiger partial charge in [0.2, 0.25) is 5.95 Å². The van der Waals surface area contributed by atoms with E-state index in [2.05, 4.69) is 26.2 Å². The number of hydrogen-bond donors (Lipinski definition) is 2. The molecule has 1 aliphatic heterocycles. The van der Waals surface area contributed by atoms with Crippen molar-refractivity contribution in [2.75, 3.05) is 10.6 Å². The Morgan fingerprint density at radius 2 is 1.86 bits per heavy atom. The van der Waals surface area contributed by atoms with Gasteiger partial charge < -0.3 is 15.4 Å². The van der Waals surface area contributed by atoms with E-state index in [0.717, 1.165) is 17.0 Å². The van der Waals surface area contributed by atoms with E-state index in [1.54, 1.807) is 4.68 Å². The maximum Gasteiger partial charge on any atom is 0.255 e. The molecule has 148 valence electrons. The summed E-state index contributed by atoms with van der Waals surface area (Å²) in [6.45, 7) is 5.81. The van der Waals surface area contributed by atoms with Crippen molar-refractivity contribution in [2.45, 2.75) is 32.9 Å². The maximum absolute atomic E-state index is 13.2. The van der Waals surface area contributed by atoms with Gasteiger partial charge in [-0.25, -0.2) is 0 Å². The van der Waals surface area contributed by atoms with Gasteiger partial charge in [-0.15, -0.1) is 0 Å². The largest absolute Gasteiger partial charge is 0.491 e. The van der Waals surface area contributed by atoms with Crippen LogP contribution in [0.25, 0.3) is 0 Å². The number of tetrazole rings is 1. The molecule has 8 heteroatoms. The Bertz CT molecular complexity index is 1040. The minimum atomic E-state index is -0.460. The van der Waals surface area contributed by atoms with Gasteiger partial charge >= 0.3 is 0 Å². The molecule has 0 saturated heterocycles. The highest BCUT2D eigenvalue weighted by molar-refractivity contribution is 6.05. The number of allylic oxidation sites excluding steroid dienone is 1. The third-order valence-corrected chi connectivity index (χ3v) is 4.56. The molecule has 1 atom stereocenters. The van der Waals surface area contributed by atoms with Crippen LogP contribution in [0.1, 0.15) is 32.4 Å². The van der Waals surface area contributed by atoms with Crippen molar-refractivity contribution in [1.29, 1.82) is 0 Å². The van der Waals surface area contributed by atoms with Gasteiger partial charge in [0.25, 0.3) is 5.91 Å². The molecule has 3 aromatic rings. The highest BCUT2D eigenvalue weighted by atomic mass is 16.5. The lowest BCUT2D eigenvalue weighted by molar-refractivity contribution is -0.113. The molecular formula is C21H22N6O2. The van der Waals surface area contributed by atoms with Crippen molar-refractivity contribution < 1.29 is 9.53 Å². The fourth-order valence-electron chi connectivity index (χ4n) is 3.34. The molecule has 0 radical (unpaired) electrons. The van der Waals surface area contributed by atoms with E-state index < -0.39 is 6.04 Å². The molecule has 2 aromatic carbocycles. The number of rotatable bonds is 5. The third-order valence-electron chi connectivity index (χ3n) is 4.56. The molecule has 4 rings (SSSR count). The zero-order chi connectivity index (χ0) is 20.4.